The Labute approximate surface area is 206 Å². The van der Waals surface area contributed by atoms with Gasteiger partial charge in [0.15, 0.2) is 0 Å². The Morgan fingerprint density at radius 2 is 1.37 bits per heavy atom. The minimum absolute atomic E-state index is 0.0123. The zero-order valence-electron chi connectivity index (χ0n) is 19.6. The Morgan fingerprint density at radius 1 is 0.800 bits per heavy atom. The van der Waals surface area contributed by atoms with Gasteiger partial charge in [-0.1, -0.05) is 96.2 Å². The average molecular weight is 464 g/mol. The summed E-state index contributed by atoms with van der Waals surface area (Å²) in [6.45, 7) is 3.68. The largest absolute Gasteiger partial charge is 0.337 e. The van der Waals surface area contributed by atoms with Gasteiger partial charge in [0.2, 0.25) is 5.91 Å². The summed E-state index contributed by atoms with van der Waals surface area (Å²) in [6, 6.07) is 31.5. The van der Waals surface area contributed by atoms with Crippen LogP contribution in [0, 0.1) is 0 Å². The number of benzene rings is 3. The van der Waals surface area contributed by atoms with Crippen LogP contribution in [-0.4, -0.2) is 56.9 Å². The first-order valence-corrected chi connectivity index (χ1v) is 12.0. The molecule has 6 heteroatoms. The lowest BCUT2D eigenvalue weighted by Gasteiger charge is -2.39. The van der Waals surface area contributed by atoms with Gasteiger partial charge in [0.25, 0.3) is 0 Å². The molecule has 1 saturated heterocycles. The van der Waals surface area contributed by atoms with Gasteiger partial charge in [-0.3, -0.25) is 9.69 Å². The van der Waals surface area contributed by atoms with E-state index in [9.17, 15) is 4.79 Å². The number of nitrogens with zero attached hydrogens (tertiary/aromatic N) is 5. The molecule has 1 aliphatic rings. The molecule has 0 N–H and O–H groups in total. The standard InChI is InChI=1S/C29H29N5O/c35-28(17-16-27-23-34(31-30-27)22-24-10-4-1-5-11-24)32-18-20-33(21-19-32)29(25-12-6-2-7-13-25)26-14-8-3-9-15-26/h1-17,23,29H,18-22H2/b17-16+. The van der Waals surface area contributed by atoms with Crippen molar-refractivity contribution in [1.29, 1.82) is 0 Å². The van der Waals surface area contributed by atoms with Crippen molar-refractivity contribution in [3.05, 3.63) is 126 Å². The molecule has 2 heterocycles. The van der Waals surface area contributed by atoms with Crippen molar-refractivity contribution in [3.63, 3.8) is 0 Å². The topological polar surface area (TPSA) is 54.3 Å². The average Bonchev–Trinajstić information content (AvgIpc) is 3.37. The zero-order chi connectivity index (χ0) is 23.9. The highest BCUT2D eigenvalue weighted by molar-refractivity contribution is 5.91. The van der Waals surface area contributed by atoms with Gasteiger partial charge in [0, 0.05) is 32.3 Å². The van der Waals surface area contributed by atoms with Crippen LogP contribution in [0.2, 0.25) is 0 Å². The van der Waals surface area contributed by atoms with Crippen LogP contribution in [-0.2, 0) is 11.3 Å². The molecule has 0 radical (unpaired) electrons. The van der Waals surface area contributed by atoms with Crippen LogP contribution >= 0.6 is 0 Å². The first-order chi connectivity index (χ1) is 17.3. The Balaban J connectivity index is 1.20. The van der Waals surface area contributed by atoms with Gasteiger partial charge in [0.05, 0.1) is 18.8 Å². The second kappa shape index (κ2) is 10.9. The summed E-state index contributed by atoms with van der Waals surface area (Å²) in [5.41, 5.74) is 4.39. The normalized spacial score (nSPS) is 14.6. The van der Waals surface area contributed by atoms with E-state index in [0.717, 1.165) is 18.7 Å². The molecule has 1 fully saturated rings. The Kier molecular flexibility index (Phi) is 7.10. The highest BCUT2D eigenvalue weighted by Crippen LogP contribution is 2.29. The second-order valence-corrected chi connectivity index (χ2v) is 8.75. The molecule has 1 aliphatic heterocycles. The number of aromatic nitrogens is 3. The van der Waals surface area contributed by atoms with E-state index in [-0.39, 0.29) is 11.9 Å². The van der Waals surface area contributed by atoms with Gasteiger partial charge >= 0.3 is 0 Å². The molecule has 0 bridgehead atoms. The number of amides is 1. The molecule has 0 saturated carbocycles. The van der Waals surface area contributed by atoms with E-state index in [1.165, 1.54) is 11.1 Å². The summed E-state index contributed by atoms with van der Waals surface area (Å²) >= 11 is 0. The fraction of sp³-hybridized carbons (Fsp3) is 0.207. The van der Waals surface area contributed by atoms with E-state index in [4.69, 9.17) is 0 Å². The summed E-state index contributed by atoms with van der Waals surface area (Å²) in [5, 5.41) is 8.35. The van der Waals surface area contributed by atoms with Crippen molar-refractivity contribution < 1.29 is 4.79 Å². The van der Waals surface area contributed by atoms with E-state index < -0.39 is 0 Å². The van der Waals surface area contributed by atoms with Crippen LogP contribution in [0.5, 0.6) is 0 Å². The molecule has 0 aliphatic carbocycles. The van der Waals surface area contributed by atoms with Gasteiger partial charge in [0.1, 0.15) is 5.69 Å². The van der Waals surface area contributed by atoms with Crippen molar-refractivity contribution in [2.45, 2.75) is 12.6 Å². The van der Waals surface area contributed by atoms with Crippen molar-refractivity contribution in [2.24, 2.45) is 0 Å². The van der Waals surface area contributed by atoms with Gasteiger partial charge in [-0.15, -0.1) is 5.10 Å². The summed E-state index contributed by atoms with van der Waals surface area (Å²) in [6.07, 6.45) is 5.22. The number of hydrogen-bond acceptors (Lipinski definition) is 4. The molecule has 1 aromatic heterocycles. The van der Waals surface area contributed by atoms with E-state index in [1.807, 2.05) is 29.3 Å². The van der Waals surface area contributed by atoms with Crippen LogP contribution in [0.3, 0.4) is 0 Å². The molecule has 176 valence electrons. The monoisotopic (exact) mass is 463 g/mol. The smallest absolute Gasteiger partial charge is 0.246 e. The predicted octanol–water partition coefficient (Wildman–Crippen LogP) is 4.27. The Morgan fingerprint density at radius 3 is 1.97 bits per heavy atom. The zero-order valence-corrected chi connectivity index (χ0v) is 19.6. The molecule has 0 spiro atoms. The summed E-state index contributed by atoms with van der Waals surface area (Å²) in [5.74, 6) is 0.0123. The van der Waals surface area contributed by atoms with Gasteiger partial charge in [-0.2, -0.15) is 0 Å². The molecule has 0 unspecified atom stereocenters. The Hall–Kier alpha value is -4.03. The third-order valence-electron chi connectivity index (χ3n) is 6.36. The van der Waals surface area contributed by atoms with Gasteiger partial charge in [-0.25, -0.2) is 4.68 Å². The maximum atomic E-state index is 12.9. The van der Waals surface area contributed by atoms with Crippen LogP contribution in [0.4, 0.5) is 0 Å². The van der Waals surface area contributed by atoms with E-state index >= 15 is 0 Å². The van der Waals surface area contributed by atoms with Crippen LogP contribution in [0.1, 0.15) is 28.4 Å². The fourth-order valence-corrected chi connectivity index (χ4v) is 4.58. The van der Waals surface area contributed by atoms with E-state index in [2.05, 4.69) is 88.0 Å². The van der Waals surface area contributed by atoms with Crippen LogP contribution in [0.15, 0.2) is 103 Å². The first kappa shape index (κ1) is 22.7. The lowest BCUT2D eigenvalue weighted by Crippen LogP contribution is -2.49. The molecule has 3 aromatic carbocycles. The number of hydrogen-bond donors (Lipinski definition) is 0. The van der Waals surface area contributed by atoms with Gasteiger partial charge < -0.3 is 4.90 Å². The second-order valence-electron chi connectivity index (χ2n) is 8.75. The minimum atomic E-state index is 0.0123. The van der Waals surface area contributed by atoms with E-state index in [1.54, 1.807) is 16.8 Å². The van der Waals surface area contributed by atoms with E-state index in [0.29, 0.717) is 25.3 Å². The van der Waals surface area contributed by atoms with Crippen LogP contribution in [0.25, 0.3) is 6.08 Å². The van der Waals surface area contributed by atoms with Crippen molar-refractivity contribution in [2.75, 3.05) is 26.2 Å². The maximum absolute atomic E-state index is 12.9. The molecule has 5 rings (SSSR count). The third-order valence-corrected chi connectivity index (χ3v) is 6.36. The molecular formula is C29H29N5O. The maximum Gasteiger partial charge on any atom is 0.246 e. The number of carbonyl (C=O) groups is 1. The SMILES string of the molecule is O=C(/C=C/c1cn(Cc2ccccc2)nn1)N1CCN(C(c2ccccc2)c2ccccc2)CC1. The molecule has 0 atom stereocenters. The highest BCUT2D eigenvalue weighted by Gasteiger charge is 2.27. The van der Waals surface area contributed by atoms with Gasteiger partial charge in [-0.05, 0) is 22.8 Å². The van der Waals surface area contributed by atoms with Crippen molar-refractivity contribution >= 4 is 12.0 Å². The molecule has 1 amide bonds. The molecule has 35 heavy (non-hydrogen) atoms. The van der Waals surface area contributed by atoms with Crippen LogP contribution < -0.4 is 0 Å². The highest BCUT2D eigenvalue weighted by atomic mass is 16.2. The number of carbonyl (C=O) groups excluding carboxylic acids is 1. The summed E-state index contributed by atoms with van der Waals surface area (Å²) < 4.78 is 1.78. The summed E-state index contributed by atoms with van der Waals surface area (Å²) in [7, 11) is 0. The predicted molar refractivity (Wildman–Crippen MR) is 137 cm³/mol. The molecular weight excluding hydrogens is 434 g/mol. The summed E-state index contributed by atoms with van der Waals surface area (Å²) in [4.78, 5) is 17.2. The third kappa shape index (κ3) is 5.73. The fourth-order valence-electron chi connectivity index (χ4n) is 4.58. The molecule has 4 aromatic rings. The van der Waals surface area contributed by atoms with Crippen molar-refractivity contribution in [1.82, 2.24) is 24.8 Å². The quantitative estimate of drug-likeness (QED) is 0.384. The Bertz CT molecular complexity index is 1210. The molecule has 6 nitrogen and oxygen atoms in total. The number of rotatable bonds is 7. The number of piperazine rings is 1. The first-order valence-electron chi connectivity index (χ1n) is 12.0. The minimum Gasteiger partial charge on any atom is -0.337 e. The van der Waals surface area contributed by atoms with Crippen molar-refractivity contribution in [3.8, 4) is 0 Å². The lowest BCUT2D eigenvalue weighted by molar-refractivity contribution is -0.127. The lowest BCUT2D eigenvalue weighted by atomic mass is 9.96.